The molecule has 0 unspecified atom stereocenters. The van der Waals surface area contributed by atoms with E-state index in [1.54, 1.807) is 12.1 Å². The molecule has 0 heterocycles. The first kappa shape index (κ1) is 16.1. The third-order valence-corrected chi connectivity index (χ3v) is 3.85. The van der Waals surface area contributed by atoms with Gasteiger partial charge in [0, 0.05) is 13.0 Å². The van der Waals surface area contributed by atoms with E-state index < -0.39 is 0 Å². The van der Waals surface area contributed by atoms with E-state index in [9.17, 15) is 9.90 Å². The number of aromatic hydroxyl groups is 1. The fourth-order valence-corrected chi connectivity index (χ4v) is 2.39. The highest BCUT2D eigenvalue weighted by atomic mass is 16.3. The fraction of sp³-hybridized carbons (Fsp3) is 0.316. The lowest BCUT2D eigenvalue weighted by Crippen LogP contribution is -2.25. The van der Waals surface area contributed by atoms with Gasteiger partial charge in [0.15, 0.2) is 0 Å². The predicted octanol–water partition coefficient (Wildman–Crippen LogP) is 3.63. The number of benzene rings is 2. The highest BCUT2D eigenvalue weighted by Crippen LogP contribution is 2.19. The van der Waals surface area contributed by atoms with Crippen LogP contribution in [0.15, 0.2) is 54.6 Å². The molecule has 2 aromatic carbocycles. The maximum atomic E-state index is 11.9. The molecular weight excluding hydrogens is 274 g/mol. The molecule has 3 heteroatoms. The number of nitrogens with one attached hydrogen (secondary N) is 1. The molecule has 22 heavy (non-hydrogen) atoms. The molecule has 2 rings (SSSR count). The van der Waals surface area contributed by atoms with E-state index in [0.717, 1.165) is 18.4 Å². The molecule has 0 aliphatic carbocycles. The average molecular weight is 297 g/mol. The summed E-state index contributed by atoms with van der Waals surface area (Å²) < 4.78 is 0. The first-order chi connectivity index (χ1) is 10.6. The summed E-state index contributed by atoms with van der Waals surface area (Å²) in [7, 11) is 0. The predicted molar refractivity (Wildman–Crippen MR) is 88.9 cm³/mol. The van der Waals surface area contributed by atoms with Gasteiger partial charge in [-0.25, -0.2) is 0 Å². The van der Waals surface area contributed by atoms with Crippen molar-refractivity contribution >= 4 is 5.91 Å². The number of rotatable bonds is 7. The van der Waals surface area contributed by atoms with Gasteiger partial charge in [0.2, 0.25) is 5.91 Å². The molecule has 0 spiro atoms. The summed E-state index contributed by atoms with van der Waals surface area (Å²) in [5.41, 5.74) is 2.38. The lowest BCUT2D eigenvalue weighted by molar-refractivity contribution is -0.121. The Morgan fingerprint density at radius 3 is 2.45 bits per heavy atom. The Morgan fingerprint density at radius 1 is 1.09 bits per heavy atom. The largest absolute Gasteiger partial charge is 0.508 e. The Morgan fingerprint density at radius 2 is 1.77 bits per heavy atom. The maximum absolute atomic E-state index is 11.9. The van der Waals surface area contributed by atoms with Crippen LogP contribution in [0.25, 0.3) is 0 Å². The van der Waals surface area contributed by atoms with Gasteiger partial charge in [0.05, 0.1) is 0 Å². The van der Waals surface area contributed by atoms with Gasteiger partial charge < -0.3 is 10.4 Å². The van der Waals surface area contributed by atoms with Crippen molar-refractivity contribution in [1.82, 2.24) is 5.32 Å². The van der Waals surface area contributed by atoms with Crippen molar-refractivity contribution in [2.24, 2.45) is 0 Å². The van der Waals surface area contributed by atoms with Gasteiger partial charge in [-0.2, -0.15) is 0 Å². The van der Waals surface area contributed by atoms with Crippen LogP contribution in [0, 0.1) is 0 Å². The molecule has 0 saturated heterocycles. The minimum Gasteiger partial charge on any atom is -0.508 e. The molecule has 0 saturated carbocycles. The molecule has 116 valence electrons. The molecule has 1 atom stereocenters. The average Bonchev–Trinajstić information content (AvgIpc) is 2.55. The van der Waals surface area contributed by atoms with Crippen molar-refractivity contribution in [3.63, 3.8) is 0 Å². The first-order valence-electron chi connectivity index (χ1n) is 7.74. The van der Waals surface area contributed by atoms with Crippen LogP contribution in [0.5, 0.6) is 5.75 Å². The molecule has 0 bridgehead atoms. The Balaban J connectivity index is 1.66. The Labute approximate surface area is 132 Å². The Kier molecular flexibility index (Phi) is 6.01. The van der Waals surface area contributed by atoms with E-state index in [-0.39, 0.29) is 11.7 Å². The summed E-state index contributed by atoms with van der Waals surface area (Å²) in [6, 6.07) is 17.4. The third-order valence-electron chi connectivity index (χ3n) is 3.85. The normalized spacial score (nSPS) is 11.9. The smallest absolute Gasteiger partial charge is 0.220 e. The quantitative estimate of drug-likeness (QED) is 0.820. The maximum Gasteiger partial charge on any atom is 0.220 e. The zero-order valence-electron chi connectivity index (χ0n) is 13.0. The number of amides is 1. The molecule has 0 aliphatic heterocycles. The van der Waals surface area contributed by atoms with Crippen LogP contribution in [-0.4, -0.2) is 17.6 Å². The topological polar surface area (TPSA) is 49.3 Å². The van der Waals surface area contributed by atoms with E-state index in [4.69, 9.17) is 0 Å². The lowest BCUT2D eigenvalue weighted by atomic mass is 9.96. The molecule has 0 fully saturated rings. The summed E-state index contributed by atoms with van der Waals surface area (Å²) in [4.78, 5) is 11.9. The van der Waals surface area contributed by atoms with Crippen LogP contribution in [0.3, 0.4) is 0 Å². The summed E-state index contributed by atoms with van der Waals surface area (Å²) in [5.74, 6) is 0.758. The minimum atomic E-state index is 0.0987. The second-order valence-electron chi connectivity index (χ2n) is 5.62. The molecular formula is C19H23NO2. The van der Waals surface area contributed by atoms with Gasteiger partial charge in [0.1, 0.15) is 5.75 Å². The van der Waals surface area contributed by atoms with Crippen molar-refractivity contribution < 1.29 is 9.90 Å². The number of phenolic OH excluding ortho intramolecular Hbond substituents is 1. The van der Waals surface area contributed by atoms with Crippen molar-refractivity contribution in [3.05, 3.63) is 65.7 Å². The zero-order valence-corrected chi connectivity index (χ0v) is 13.0. The second kappa shape index (κ2) is 8.23. The van der Waals surface area contributed by atoms with Crippen LogP contribution in [0.2, 0.25) is 0 Å². The molecule has 2 aromatic rings. The van der Waals surface area contributed by atoms with Crippen LogP contribution in [0.4, 0.5) is 0 Å². The minimum absolute atomic E-state index is 0.0987. The summed E-state index contributed by atoms with van der Waals surface area (Å²) in [5, 5.41) is 12.2. The van der Waals surface area contributed by atoms with Crippen molar-refractivity contribution in [2.45, 2.75) is 32.1 Å². The van der Waals surface area contributed by atoms with Crippen LogP contribution in [0.1, 0.15) is 36.8 Å². The van der Waals surface area contributed by atoms with Gasteiger partial charge in [-0.1, -0.05) is 49.4 Å². The van der Waals surface area contributed by atoms with Gasteiger partial charge in [-0.05, 0) is 42.0 Å². The van der Waals surface area contributed by atoms with Crippen LogP contribution in [-0.2, 0) is 11.2 Å². The molecule has 0 aromatic heterocycles. The van der Waals surface area contributed by atoms with Gasteiger partial charge in [0.25, 0.3) is 0 Å². The zero-order chi connectivity index (χ0) is 15.8. The highest BCUT2D eigenvalue weighted by molar-refractivity contribution is 5.75. The van der Waals surface area contributed by atoms with E-state index in [1.807, 2.05) is 30.3 Å². The SMILES string of the molecule is C[C@H](CCC(=O)NCCc1ccc(O)cc1)c1ccccc1. The first-order valence-corrected chi connectivity index (χ1v) is 7.74. The fourth-order valence-electron chi connectivity index (χ4n) is 2.39. The standard InChI is InChI=1S/C19H23NO2/c1-15(17-5-3-2-4-6-17)7-12-19(22)20-14-13-16-8-10-18(21)11-9-16/h2-6,8-11,15,21H,7,12-14H2,1H3,(H,20,22)/t15-/m1/s1. The van der Waals surface area contributed by atoms with Crippen LogP contribution < -0.4 is 5.32 Å². The second-order valence-corrected chi connectivity index (χ2v) is 5.62. The third kappa shape index (κ3) is 5.24. The van der Waals surface area contributed by atoms with E-state index in [0.29, 0.717) is 18.9 Å². The van der Waals surface area contributed by atoms with E-state index in [1.165, 1.54) is 5.56 Å². The number of hydrogen-bond acceptors (Lipinski definition) is 2. The van der Waals surface area contributed by atoms with Crippen molar-refractivity contribution in [1.29, 1.82) is 0 Å². The number of carbonyl (C=O) groups excluding carboxylic acids is 1. The summed E-state index contributed by atoms with van der Waals surface area (Å²) in [6.45, 7) is 2.78. The molecule has 1 amide bonds. The number of hydrogen-bond donors (Lipinski definition) is 2. The molecule has 0 aliphatic rings. The molecule has 2 N–H and O–H groups in total. The number of carbonyl (C=O) groups is 1. The number of phenols is 1. The van der Waals surface area contributed by atoms with E-state index in [2.05, 4.69) is 24.4 Å². The van der Waals surface area contributed by atoms with Crippen molar-refractivity contribution in [3.8, 4) is 5.75 Å². The monoisotopic (exact) mass is 297 g/mol. The van der Waals surface area contributed by atoms with Gasteiger partial charge in [-0.15, -0.1) is 0 Å². The molecule has 0 radical (unpaired) electrons. The summed E-state index contributed by atoms with van der Waals surface area (Å²) >= 11 is 0. The van der Waals surface area contributed by atoms with Crippen molar-refractivity contribution in [2.75, 3.05) is 6.54 Å². The van der Waals surface area contributed by atoms with Crippen LogP contribution >= 0.6 is 0 Å². The van der Waals surface area contributed by atoms with Gasteiger partial charge >= 0.3 is 0 Å². The summed E-state index contributed by atoms with van der Waals surface area (Å²) in [6.07, 6.45) is 2.18. The highest BCUT2D eigenvalue weighted by Gasteiger charge is 2.08. The van der Waals surface area contributed by atoms with E-state index >= 15 is 0 Å². The lowest BCUT2D eigenvalue weighted by Gasteiger charge is -2.11. The molecule has 3 nitrogen and oxygen atoms in total. The Bertz CT molecular complexity index is 578. The van der Waals surface area contributed by atoms with Gasteiger partial charge in [-0.3, -0.25) is 4.79 Å². The Hall–Kier alpha value is -2.29.